The highest BCUT2D eigenvalue weighted by atomic mass is 31.2. The maximum atomic E-state index is 11.9. The van der Waals surface area contributed by atoms with E-state index in [2.05, 4.69) is 6.92 Å². The first-order valence-corrected chi connectivity index (χ1v) is 14.7. The summed E-state index contributed by atoms with van der Waals surface area (Å²) in [5, 5.41) is 0. The quantitative estimate of drug-likeness (QED) is 0.0761. The molecular weight excluding hydrogens is 457 g/mol. The third-order valence-corrected chi connectivity index (χ3v) is 6.42. The Morgan fingerprint density at radius 1 is 0.794 bits per heavy atom. The molecule has 0 fully saturated rings. The van der Waals surface area contributed by atoms with Crippen LogP contribution in [0.1, 0.15) is 97.3 Å². The number of ether oxygens (including phenoxy) is 2. The molecule has 0 radical (unpaired) electrons. The zero-order valence-corrected chi connectivity index (χ0v) is 23.5. The number of likely N-dealkylation sites (N-methyl/N-ethyl adjacent to an activating group) is 1. The monoisotopic (exact) mass is 509 g/mol. The van der Waals surface area contributed by atoms with Gasteiger partial charge in [-0.2, -0.15) is 0 Å². The zero-order chi connectivity index (χ0) is 25.7. The Kier molecular flexibility index (Phi) is 20.4. The van der Waals surface area contributed by atoms with E-state index >= 15 is 0 Å². The summed E-state index contributed by atoms with van der Waals surface area (Å²) in [5.74, 6) is -0.509. The van der Waals surface area contributed by atoms with Gasteiger partial charge in [-0.1, -0.05) is 84.0 Å². The molecule has 0 aromatic heterocycles. The molecule has 0 bridgehead atoms. The van der Waals surface area contributed by atoms with Gasteiger partial charge in [-0.05, 0) is 6.42 Å². The number of phosphoric acid groups is 1. The van der Waals surface area contributed by atoms with Gasteiger partial charge in [0.05, 0.1) is 34.4 Å². The number of rotatable bonds is 24. The SMILES string of the molecule is CCCCCCCCCCCCCCCOCC(COP(=O)([O-])OCC[N+](C)(C)C)OC(C)=O. The molecule has 34 heavy (non-hydrogen) atoms. The predicted molar refractivity (Wildman–Crippen MR) is 134 cm³/mol. The van der Waals surface area contributed by atoms with Crippen LogP contribution in [0, 0.1) is 0 Å². The molecule has 0 aliphatic heterocycles. The third kappa shape index (κ3) is 24.6. The fourth-order valence-corrected chi connectivity index (χ4v) is 4.15. The summed E-state index contributed by atoms with van der Waals surface area (Å²) in [6, 6.07) is 0. The van der Waals surface area contributed by atoms with Crippen LogP contribution in [0.25, 0.3) is 0 Å². The van der Waals surface area contributed by atoms with Gasteiger partial charge in [-0.3, -0.25) is 9.36 Å². The molecule has 0 amide bonds. The van der Waals surface area contributed by atoms with E-state index in [1.54, 1.807) is 0 Å². The first-order valence-electron chi connectivity index (χ1n) is 13.2. The molecule has 0 heterocycles. The molecule has 0 spiro atoms. The van der Waals surface area contributed by atoms with E-state index in [9.17, 15) is 14.3 Å². The van der Waals surface area contributed by atoms with Gasteiger partial charge in [-0.25, -0.2) is 0 Å². The molecule has 0 aromatic carbocycles. The van der Waals surface area contributed by atoms with Crippen LogP contribution in [0.3, 0.4) is 0 Å². The van der Waals surface area contributed by atoms with Gasteiger partial charge in [0, 0.05) is 13.5 Å². The lowest BCUT2D eigenvalue weighted by molar-refractivity contribution is -0.870. The van der Waals surface area contributed by atoms with Crippen LogP contribution in [0.2, 0.25) is 0 Å². The summed E-state index contributed by atoms with van der Waals surface area (Å²) in [4.78, 5) is 23.2. The second-order valence-corrected chi connectivity index (χ2v) is 11.5. The number of carbonyl (C=O) groups excluding carboxylic acids is 1. The Morgan fingerprint density at radius 2 is 1.29 bits per heavy atom. The second-order valence-electron chi connectivity index (χ2n) is 10.1. The molecule has 2 unspecified atom stereocenters. The molecule has 0 rings (SSSR count). The van der Waals surface area contributed by atoms with Crippen LogP contribution in [0.5, 0.6) is 0 Å². The van der Waals surface area contributed by atoms with Crippen molar-refractivity contribution in [1.29, 1.82) is 0 Å². The van der Waals surface area contributed by atoms with Crippen molar-refractivity contribution in [2.24, 2.45) is 0 Å². The van der Waals surface area contributed by atoms with Crippen molar-refractivity contribution < 1.29 is 37.3 Å². The van der Waals surface area contributed by atoms with E-state index < -0.39 is 19.9 Å². The zero-order valence-electron chi connectivity index (χ0n) is 22.6. The molecule has 0 N–H and O–H groups in total. The maximum Gasteiger partial charge on any atom is 0.303 e. The normalized spacial score (nSPS) is 14.6. The van der Waals surface area contributed by atoms with Crippen LogP contribution in [-0.4, -0.2) is 70.7 Å². The molecule has 8 nitrogen and oxygen atoms in total. The highest BCUT2D eigenvalue weighted by Crippen LogP contribution is 2.38. The van der Waals surface area contributed by atoms with Crippen LogP contribution in [0.15, 0.2) is 0 Å². The minimum atomic E-state index is -4.46. The van der Waals surface area contributed by atoms with Gasteiger partial charge in [-0.15, -0.1) is 0 Å². The minimum absolute atomic E-state index is 0.0259. The lowest BCUT2D eigenvalue weighted by Gasteiger charge is -2.28. The Balaban J connectivity index is 3.81. The lowest BCUT2D eigenvalue weighted by atomic mass is 10.0. The first kappa shape index (κ1) is 33.5. The number of quaternary nitrogens is 1. The first-order chi connectivity index (χ1) is 16.1. The molecule has 0 saturated carbocycles. The van der Waals surface area contributed by atoms with Gasteiger partial charge >= 0.3 is 5.97 Å². The van der Waals surface area contributed by atoms with E-state index in [-0.39, 0.29) is 19.8 Å². The average Bonchev–Trinajstić information content (AvgIpc) is 2.73. The molecule has 0 aromatic rings. The number of esters is 1. The number of phosphoric ester groups is 1. The highest BCUT2D eigenvalue weighted by Gasteiger charge is 2.19. The Bertz CT molecular complexity index is 540. The van der Waals surface area contributed by atoms with E-state index in [0.717, 1.165) is 12.8 Å². The Morgan fingerprint density at radius 3 is 1.76 bits per heavy atom. The molecule has 9 heteroatoms. The van der Waals surface area contributed by atoms with Crippen molar-refractivity contribution in [1.82, 2.24) is 0 Å². The van der Waals surface area contributed by atoms with Crippen molar-refractivity contribution in [3.05, 3.63) is 0 Å². The molecule has 0 aliphatic carbocycles. The largest absolute Gasteiger partial charge is 0.756 e. The summed E-state index contributed by atoms with van der Waals surface area (Å²) >= 11 is 0. The minimum Gasteiger partial charge on any atom is -0.756 e. The van der Waals surface area contributed by atoms with E-state index in [4.69, 9.17) is 18.5 Å². The van der Waals surface area contributed by atoms with E-state index in [1.807, 2.05) is 21.1 Å². The van der Waals surface area contributed by atoms with Crippen molar-refractivity contribution in [3.63, 3.8) is 0 Å². The number of unbranched alkanes of at least 4 members (excludes halogenated alkanes) is 12. The summed E-state index contributed by atoms with van der Waals surface area (Å²) < 4.78 is 33.0. The van der Waals surface area contributed by atoms with Gasteiger partial charge in [0.1, 0.15) is 19.3 Å². The lowest BCUT2D eigenvalue weighted by Crippen LogP contribution is -2.37. The summed E-state index contributed by atoms with van der Waals surface area (Å²) in [6.45, 7) is 4.39. The highest BCUT2D eigenvalue weighted by molar-refractivity contribution is 7.45. The Hall–Kier alpha value is -0.500. The number of hydrogen-bond acceptors (Lipinski definition) is 7. The second kappa shape index (κ2) is 20.7. The van der Waals surface area contributed by atoms with Crippen molar-refractivity contribution in [2.45, 2.75) is 103 Å². The topological polar surface area (TPSA) is 94.1 Å². The van der Waals surface area contributed by atoms with Gasteiger partial charge in [0.15, 0.2) is 0 Å². The molecule has 2 atom stereocenters. The predicted octanol–water partition coefficient (Wildman–Crippen LogP) is 5.23. The van der Waals surface area contributed by atoms with Crippen molar-refractivity contribution in [2.75, 3.05) is 54.1 Å². The fraction of sp³-hybridized carbons (Fsp3) is 0.960. The molecular formula is C25H52NO7P. The molecule has 0 aliphatic rings. The smallest absolute Gasteiger partial charge is 0.303 e. The van der Waals surface area contributed by atoms with Crippen LogP contribution in [0.4, 0.5) is 0 Å². The maximum absolute atomic E-state index is 11.9. The van der Waals surface area contributed by atoms with Crippen LogP contribution < -0.4 is 4.89 Å². The fourth-order valence-electron chi connectivity index (χ4n) is 3.43. The van der Waals surface area contributed by atoms with E-state index in [1.165, 1.54) is 77.6 Å². The summed E-state index contributed by atoms with van der Waals surface area (Å²) in [7, 11) is 1.35. The van der Waals surface area contributed by atoms with Gasteiger partial charge in [0.25, 0.3) is 7.82 Å². The van der Waals surface area contributed by atoms with Gasteiger partial charge < -0.3 is 27.9 Å². The Labute approximate surface area is 208 Å². The average molecular weight is 510 g/mol. The van der Waals surface area contributed by atoms with Crippen LogP contribution in [-0.2, 0) is 27.9 Å². The number of hydrogen-bond donors (Lipinski definition) is 0. The number of nitrogens with zero attached hydrogens (tertiary/aromatic N) is 1. The van der Waals surface area contributed by atoms with Crippen molar-refractivity contribution >= 4 is 13.8 Å². The van der Waals surface area contributed by atoms with Gasteiger partial charge in [0.2, 0.25) is 0 Å². The third-order valence-electron chi connectivity index (χ3n) is 5.46. The van der Waals surface area contributed by atoms with Crippen LogP contribution >= 0.6 is 7.82 Å². The van der Waals surface area contributed by atoms with Crippen molar-refractivity contribution in [3.8, 4) is 0 Å². The summed E-state index contributed by atoms with van der Waals surface area (Å²) in [6.07, 6.45) is 15.9. The molecule has 204 valence electrons. The summed E-state index contributed by atoms with van der Waals surface area (Å²) in [5.41, 5.74) is 0. The number of carbonyl (C=O) groups is 1. The van der Waals surface area contributed by atoms with E-state index in [0.29, 0.717) is 17.6 Å². The molecule has 0 saturated heterocycles. The standard InChI is InChI=1S/C25H52NO7P/c1-6-7-8-9-10-11-12-13-14-15-16-17-18-20-30-22-25(33-24(2)27)23-32-34(28,29)31-21-19-26(3,4)5/h25H,6-23H2,1-5H3.